The lowest BCUT2D eigenvalue weighted by Crippen LogP contribution is -2.37. The zero-order chi connectivity index (χ0) is 24.1. The van der Waals surface area contributed by atoms with Crippen molar-refractivity contribution in [2.75, 3.05) is 5.32 Å². The number of hydrogen-bond donors (Lipinski definition) is 2. The first kappa shape index (κ1) is 23.8. The summed E-state index contributed by atoms with van der Waals surface area (Å²) >= 11 is 5.47. The lowest BCUT2D eigenvalue weighted by atomic mass is 9.92. The van der Waals surface area contributed by atoms with Gasteiger partial charge in [-0.1, -0.05) is 43.3 Å². The lowest BCUT2D eigenvalue weighted by Gasteiger charge is -2.33. The maximum Gasteiger partial charge on any atom is 0.191 e. The quantitative estimate of drug-likeness (QED) is 0.321. The third kappa shape index (κ3) is 5.94. The van der Waals surface area contributed by atoms with Crippen LogP contribution in [0.15, 0.2) is 71.8 Å². The normalized spacial score (nSPS) is 15.2. The minimum absolute atomic E-state index is 0.373. The number of rotatable bonds is 6. The number of thiocarbonyl (C=S) groups is 1. The van der Waals surface area contributed by atoms with Crippen LogP contribution in [0.4, 0.5) is 5.69 Å². The SMILES string of the molecule is CCc1ccc(NC(=S)N/N=C2\CC(C)(C)Oc3ccc(OCc4ccccc4C)cc32)cc1. The van der Waals surface area contributed by atoms with Crippen LogP contribution in [0.5, 0.6) is 11.5 Å². The molecule has 0 aliphatic carbocycles. The van der Waals surface area contributed by atoms with Crippen LogP contribution < -0.4 is 20.2 Å². The van der Waals surface area contributed by atoms with Crippen LogP contribution in [0.25, 0.3) is 0 Å². The Labute approximate surface area is 207 Å². The number of nitrogens with zero attached hydrogens (tertiary/aromatic N) is 1. The molecule has 0 radical (unpaired) electrons. The van der Waals surface area contributed by atoms with Gasteiger partial charge in [-0.15, -0.1) is 0 Å². The Hall–Kier alpha value is -3.38. The number of anilines is 1. The molecule has 2 N–H and O–H groups in total. The molecule has 3 aromatic carbocycles. The van der Waals surface area contributed by atoms with E-state index in [1.54, 1.807) is 0 Å². The molecular weight excluding hydrogens is 442 g/mol. The topological polar surface area (TPSA) is 54.9 Å². The third-order valence-corrected chi connectivity index (χ3v) is 6.00. The number of aryl methyl sites for hydroxylation is 2. The van der Waals surface area contributed by atoms with Gasteiger partial charge in [0.15, 0.2) is 5.11 Å². The number of benzene rings is 3. The van der Waals surface area contributed by atoms with Crippen molar-refractivity contribution in [2.45, 2.75) is 52.7 Å². The first-order chi connectivity index (χ1) is 16.3. The predicted molar refractivity (Wildman–Crippen MR) is 143 cm³/mol. The summed E-state index contributed by atoms with van der Waals surface area (Å²) < 4.78 is 12.3. The molecular formula is C28H31N3O2S. The molecule has 1 aliphatic rings. The Morgan fingerprint density at radius 3 is 2.59 bits per heavy atom. The molecule has 0 saturated heterocycles. The van der Waals surface area contributed by atoms with Gasteiger partial charge in [0.2, 0.25) is 0 Å². The third-order valence-electron chi connectivity index (χ3n) is 5.81. The van der Waals surface area contributed by atoms with Crippen LogP contribution in [0.3, 0.4) is 0 Å². The standard InChI is InChI=1S/C28H31N3O2S/c1-5-20-10-12-22(13-11-20)29-27(34)31-30-25-17-28(3,4)33-26-15-14-23(16-24(25)26)32-18-21-9-7-6-8-19(21)2/h6-16H,5,17-18H2,1-4H3,(H2,29,31,34)/b30-25+. The monoisotopic (exact) mass is 473 g/mol. The van der Waals surface area contributed by atoms with Gasteiger partial charge in [-0.05, 0) is 86.4 Å². The average Bonchev–Trinajstić information content (AvgIpc) is 2.82. The first-order valence-corrected chi connectivity index (χ1v) is 12.0. The summed E-state index contributed by atoms with van der Waals surface area (Å²) in [6.07, 6.45) is 1.65. The Kier molecular flexibility index (Phi) is 7.17. The second-order valence-corrected chi connectivity index (χ2v) is 9.49. The van der Waals surface area contributed by atoms with Gasteiger partial charge in [0.25, 0.3) is 0 Å². The van der Waals surface area contributed by atoms with Crippen LogP contribution in [-0.2, 0) is 13.0 Å². The van der Waals surface area contributed by atoms with Crippen LogP contribution in [0, 0.1) is 6.92 Å². The number of nitrogens with one attached hydrogen (secondary N) is 2. The number of fused-ring (bicyclic) bond motifs is 1. The van der Waals surface area contributed by atoms with Crippen molar-refractivity contribution in [2.24, 2.45) is 5.10 Å². The van der Waals surface area contributed by atoms with Gasteiger partial charge >= 0.3 is 0 Å². The summed E-state index contributed by atoms with van der Waals surface area (Å²) in [6, 6.07) is 22.3. The molecule has 0 spiro atoms. The van der Waals surface area contributed by atoms with E-state index in [4.69, 9.17) is 21.7 Å². The van der Waals surface area contributed by atoms with E-state index in [2.05, 4.69) is 67.8 Å². The summed E-state index contributed by atoms with van der Waals surface area (Å²) in [7, 11) is 0. The minimum Gasteiger partial charge on any atom is -0.489 e. The number of ether oxygens (including phenoxy) is 2. The Morgan fingerprint density at radius 2 is 1.85 bits per heavy atom. The second kappa shape index (κ2) is 10.3. The molecule has 5 nitrogen and oxygen atoms in total. The van der Waals surface area contributed by atoms with Crippen molar-refractivity contribution in [1.82, 2.24) is 5.43 Å². The van der Waals surface area contributed by atoms with Gasteiger partial charge in [-0.25, -0.2) is 0 Å². The van der Waals surface area contributed by atoms with Gasteiger partial charge in [0, 0.05) is 17.7 Å². The molecule has 1 aliphatic heterocycles. The largest absolute Gasteiger partial charge is 0.489 e. The van der Waals surface area contributed by atoms with Gasteiger partial charge < -0.3 is 14.8 Å². The zero-order valence-corrected chi connectivity index (χ0v) is 21.0. The summed E-state index contributed by atoms with van der Waals surface area (Å²) in [5.41, 5.74) is 8.99. The minimum atomic E-state index is -0.373. The molecule has 0 fully saturated rings. The van der Waals surface area contributed by atoms with E-state index in [0.717, 1.165) is 40.4 Å². The number of hydrazone groups is 1. The molecule has 0 amide bonds. The Morgan fingerprint density at radius 1 is 1.09 bits per heavy atom. The van der Waals surface area contributed by atoms with Gasteiger partial charge in [-0.2, -0.15) is 5.10 Å². The summed E-state index contributed by atoms with van der Waals surface area (Å²) in [4.78, 5) is 0. The zero-order valence-electron chi connectivity index (χ0n) is 20.1. The molecule has 0 atom stereocenters. The summed E-state index contributed by atoms with van der Waals surface area (Å²) in [6.45, 7) is 8.84. The van der Waals surface area contributed by atoms with Crippen LogP contribution in [0.1, 0.15) is 49.4 Å². The molecule has 6 heteroatoms. The van der Waals surface area contributed by atoms with Gasteiger partial charge in [-0.3, -0.25) is 5.43 Å². The maximum absolute atomic E-state index is 6.20. The van der Waals surface area contributed by atoms with Crippen molar-refractivity contribution in [3.8, 4) is 11.5 Å². The van der Waals surface area contributed by atoms with Crippen LogP contribution in [0.2, 0.25) is 0 Å². The van der Waals surface area contributed by atoms with Gasteiger partial charge in [0.05, 0.1) is 5.71 Å². The average molecular weight is 474 g/mol. The van der Waals surface area contributed by atoms with E-state index in [9.17, 15) is 0 Å². The molecule has 0 bridgehead atoms. The molecule has 0 saturated carbocycles. The molecule has 0 aromatic heterocycles. The summed E-state index contributed by atoms with van der Waals surface area (Å²) in [5.74, 6) is 1.56. The van der Waals surface area contributed by atoms with E-state index in [1.807, 2.05) is 42.5 Å². The van der Waals surface area contributed by atoms with Crippen molar-refractivity contribution in [3.63, 3.8) is 0 Å². The molecule has 3 aromatic rings. The fraction of sp³-hybridized carbons (Fsp3) is 0.286. The lowest BCUT2D eigenvalue weighted by molar-refractivity contribution is 0.111. The highest BCUT2D eigenvalue weighted by Gasteiger charge is 2.31. The smallest absolute Gasteiger partial charge is 0.191 e. The highest BCUT2D eigenvalue weighted by Crippen LogP contribution is 2.35. The van der Waals surface area contributed by atoms with E-state index in [-0.39, 0.29) is 5.60 Å². The highest BCUT2D eigenvalue weighted by atomic mass is 32.1. The summed E-state index contributed by atoms with van der Waals surface area (Å²) in [5, 5.41) is 8.28. The number of hydrogen-bond acceptors (Lipinski definition) is 4. The fourth-order valence-corrected chi connectivity index (χ4v) is 4.04. The molecule has 4 rings (SSSR count). The van der Waals surface area contributed by atoms with Crippen molar-refractivity contribution in [3.05, 3.63) is 89.0 Å². The molecule has 34 heavy (non-hydrogen) atoms. The first-order valence-electron chi connectivity index (χ1n) is 11.6. The Bertz CT molecular complexity index is 1200. The van der Waals surface area contributed by atoms with Crippen molar-refractivity contribution < 1.29 is 9.47 Å². The van der Waals surface area contributed by atoms with Crippen molar-refractivity contribution in [1.29, 1.82) is 0 Å². The van der Waals surface area contributed by atoms with E-state index in [1.165, 1.54) is 11.1 Å². The van der Waals surface area contributed by atoms with E-state index in [0.29, 0.717) is 18.1 Å². The van der Waals surface area contributed by atoms with E-state index < -0.39 is 0 Å². The fourth-order valence-electron chi connectivity index (χ4n) is 3.88. The molecule has 0 unspecified atom stereocenters. The Balaban J connectivity index is 1.49. The highest BCUT2D eigenvalue weighted by molar-refractivity contribution is 7.80. The second-order valence-electron chi connectivity index (χ2n) is 9.09. The van der Waals surface area contributed by atoms with Gasteiger partial charge in [0.1, 0.15) is 23.7 Å². The van der Waals surface area contributed by atoms with Crippen molar-refractivity contribution >= 4 is 28.7 Å². The van der Waals surface area contributed by atoms with E-state index >= 15 is 0 Å². The molecule has 1 heterocycles. The predicted octanol–water partition coefficient (Wildman–Crippen LogP) is 6.39. The molecule has 176 valence electrons. The maximum atomic E-state index is 6.20. The van der Waals surface area contributed by atoms with Crippen LogP contribution >= 0.6 is 12.2 Å². The van der Waals surface area contributed by atoms with Crippen LogP contribution in [-0.4, -0.2) is 16.4 Å².